The summed E-state index contributed by atoms with van der Waals surface area (Å²) in [4.78, 5) is 36.3. The molecule has 0 saturated carbocycles. The van der Waals surface area contributed by atoms with Gasteiger partial charge in [-0.25, -0.2) is 0 Å². The number of aliphatic hydroxyl groups excluding tert-OH is 1. The van der Waals surface area contributed by atoms with E-state index >= 15 is 0 Å². The minimum absolute atomic E-state index is 0.115. The number of hydrogen-bond donors (Lipinski definition) is 3. The van der Waals surface area contributed by atoms with Crippen LogP contribution < -0.4 is 0 Å². The van der Waals surface area contributed by atoms with Gasteiger partial charge in [-0.3, -0.25) is 14.4 Å². The van der Waals surface area contributed by atoms with E-state index in [-0.39, 0.29) is 79.9 Å². The Morgan fingerprint density at radius 1 is 0.887 bits per heavy atom. The molecule has 1 spiro atoms. The maximum Gasteiger partial charge on any atom is 0.309 e. The number of carbonyl (C=O) groups is 3. The van der Waals surface area contributed by atoms with Crippen molar-refractivity contribution in [2.45, 2.75) is 193 Å². The minimum atomic E-state index is -1.59. The second-order valence-corrected chi connectivity index (χ2v) is 17.7. The number of aliphatic hydroxyl groups is 2. The van der Waals surface area contributed by atoms with Gasteiger partial charge in [0.2, 0.25) is 5.79 Å². The van der Waals surface area contributed by atoms with Gasteiger partial charge < -0.3 is 48.5 Å². The topological polar surface area (TPSA) is 177 Å². The first-order valence-electron chi connectivity index (χ1n) is 20.1. The molecule has 0 amide bonds. The van der Waals surface area contributed by atoms with Gasteiger partial charge in [-0.1, -0.05) is 48.5 Å². The number of rotatable bonds is 12. The van der Waals surface area contributed by atoms with E-state index in [1.54, 1.807) is 13.8 Å². The van der Waals surface area contributed by atoms with Gasteiger partial charge in [0.15, 0.2) is 5.79 Å². The zero-order valence-corrected chi connectivity index (χ0v) is 33.5. The molecule has 0 bridgehead atoms. The number of aliphatic carboxylic acids is 1. The van der Waals surface area contributed by atoms with Gasteiger partial charge in [0.05, 0.1) is 53.7 Å². The fraction of sp³-hybridized carbons (Fsp3) is 0.925. The van der Waals surface area contributed by atoms with Crippen LogP contribution in [0.2, 0.25) is 0 Å². The number of hydrogen-bond acceptors (Lipinski definition) is 12. The van der Waals surface area contributed by atoms with Gasteiger partial charge in [-0.2, -0.15) is 0 Å². The molecule has 5 aliphatic rings. The van der Waals surface area contributed by atoms with Gasteiger partial charge in [0.1, 0.15) is 12.7 Å². The number of ether oxygens (including phenoxy) is 7. The van der Waals surface area contributed by atoms with Gasteiger partial charge in [0.25, 0.3) is 0 Å². The van der Waals surface area contributed by atoms with Crippen LogP contribution in [0, 0.1) is 35.5 Å². The van der Waals surface area contributed by atoms with Crippen molar-refractivity contribution in [1.82, 2.24) is 0 Å². The average molecular weight is 755 g/mol. The lowest BCUT2D eigenvalue weighted by atomic mass is 9.78. The summed E-state index contributed by atoms with van der Waals surface area (Å²) in [5.41, 5.74) is -1.33. The Kier molecular flexibility index (Phi) is 12.7. The monoisotopic (exact) mass is 754 g/mol. The molecule has 53 heavy (non-hydrogen) atoms. The van der Waals surface area contributed by atoms with E-state index in [2.05, 4.69) is 20.8 Å². The summed E-state index contributed by atoms with van der Waals surface area (Å²) < 4.78 is 44.8. The van der Waals surface area contributed by atoms with Gasteiger partial charge in [-0.05, 0) is 64.7 Å². The molecule has 17 atom stereocenters. The Hall–Kier alpha value is -1.87. The van der Waals surface area contributed by atoms with Crippen LogP contribution in [0.1, 0.15) is 127 Å². The molecular formula is C40H66O13. The second kappa shape index (κ2) is 15.9. The van der Waals surface area contributed by atoms with Crippen molar-refractivity contribution in [2.75, 3.05) is 6.61 Å². The predicted octanol–water partition coefficient (Wildman–Crippen LogP) is 5.15. The third-order valence-electron chi connectivity index (χ3n) is 13.4. The van der Waals surface area contributed by atoms with Crippen LogP contribution in [-0.4, -0.2) is 105 Å². The average Bonchev–Trinajstić information content (AvgIpc) is 3.81. The van der Waals surface area contributed by atoms with E-state index < -0.39 is 64.9 Å². The smallest absolute Gasteiger partial charge is 0.309 e. The first kappa shape index (κ1) is 42.3. The maximum atomic E-state index is 12.4. The molecule has 3 N–H and O–H groups in total. The normalized spacial score (nSPS) is 46.2. The molecule has 0 aromatic rings. The summed E-state index contributed by atoms with van der Waals surface area (Å²) >= 11 is 0. The lowest BCUT2D eigenvalue weighted by Gasteiger charge is -2.48. The summed E-state index contributed by atoms with van der Waals surface area (Å²) in [6.07, 6.45) is 1.18. The Morgan fingerprint density at radius 2 is 1.57 bits per heavy atom. The molecule has 5 heterocycles. The Labute approximate surface area is 315 Å². The lowest BCUT2D eigenvalue weighted by Crippen LogP contribution is -2.57. The molecule has 5 fully saturated rings. The molecule has 13 heteroatoms. The molecule has 17 unspecified atom stereocenters. The predicted molar refractivity (Wildman–Crippen MR) is 191 cm³/mol. The summed E-state index contributed by atoms with van der Waals surface area (Å²) in [5.74, 6) is -6.44. The molecular weight excluding hydrogens is 688 g/mol. The highest BCUT2D eigenvalue weighted by atomic mass is 16.7. The largest absolute Gasteiger partial charge is 0.481 e. The zero-order chi connectivity index (χ0) is 39.3. The highest BCUT2D eigenvalue weighted by molar-refractivity contribution is 5.73. The van der Waals surface area contributed by atoms with Crippen LogP contribution in [-0.2, 0) is 47.5 Å². The fourth-order valence-electron chi connectivity index (χ4n) is 9.93. The van der Waals surface area contributed by atoms with Crippen LogP contribution in [0.4, 0.5) is 0 Å². The summed E-state index contributed by atoms with van der Waals surface area (Å²) in [5, 5.41) is 32.6. The van der Waals surface area contributed by atoms with Gasteiger partial charge >= 0.3 is 17.9 Å². The first-order valence-corrected chi connectivity index (χ1v) is 20.1. The Bertz CT molecular complexity index is 1330. The Balaban J connectivity index is 1.26. The van der Waals surface area contributed by atoms with Crippen molar-refractivity contribution in [3.8, 4) is 0 Å². The number of carbonyl (C=O) groups excluding carboxylic acids is 2. The molecule has 304 valence electrons. The van der Waals surface area contributed by atoms with E-state index in [0.717, 1.165) is 19.3 Å². The zero-order valence-electron chi connectivity index (χ0n) is 33.5. The minimum Gasteiger partial charge on any atom is -0.481 e. The lowest BCUT2D eigenvalue weighted by molar-refractivity contribution is -0.335. The van der Waals surface area contributed by atoms with Crippen LogP contribution in [0.5, 0.6) is 0 Å². The number of esters is 2. The van der Waals surface area contributed by atoms with E-state index in [1.807, 2.05) is 27.7 Å². The summed E-state index contributed by atoms with van der Waals surface area (Å²) in [6.45, 7) is 18.7. The molecule has 0 aliphatic carbocycles. The van der Waals surface area contributed by atoms with Crippen LogP contribution >= 0.6 is 0 Å². The van der Waals surface area contributed by atoms with E-state index in [0.29, 0.717) is 19.3 Å². The molecule has 0 aromatic carbocycles. The van der Waals surface area contributed by atoms with Crippen molar-refractivity contribution in [2.24, 2.45) is 35.5 Å². The Morgan fingerprint density at radius 3 is 2.21 bits per heavy atom. The third-order valence-corrected chi connectivity index (χ3v) is 13.4. The highest BCUT2D eigenvalue weighted by Crippen LogP contribution is 2.54. The van der Waals surface area contributed by atoms with Crippen molar-refractivity contribution in [3.05, 3.63) is 0 Å². The molecule has 5 rings (SSSR count). The summed E-state index contributed by atoms with van der Waals surface area (Å²) in [7, 11) is 0. The first-order chi connectivity index (χ1) is 24.7. The van der Waals surface area contributed by atoms with Crippen molar-refractivity contribution in [3.63, 3.8) is 0 Å². The van der Waals surface area contributed by atoms with Gasteiger partial charge in [0, 0.05) is 43.4 Å². The van der Waals surface area contributed by atoms with E-state index in [4.69, 9.17) is 33.2 Å². The van der Waals surface area contributed by atoms with E-state index in [9.17, 15) is 29.7 Å². The van der Waals surface area contributed by atoms with Crippen LogP contribution in [0.3, 0.4) is 0 Å². The molecule has 0 radical (unpaired) electrons. The molecule has 5 aliphatic heterocycles. The number of carboxylic acid groups (broad SMARTS) is 1. The highest BCUT2D eigenvalue weighted by Gasteiger charge is 2.62. The van der Waals surface area contributed by atoms with Crippen LogP contribution in [0.15, 0.2) is 0 Å². The quantitative estimate of drug-likeness (QED) is 0.223. The molecule has 5 saturated heterocycles. The van der Waals surface area contributed by atoms with E-state index in [1.165, 1.54) is 6.92 Å². The second-order valence-electron chi connectivity index (χ2n) is 17.7. The maximum absolute atomic E-state index is 12.4. The molecule has 0 aromatic heterocycles. The SMILES string of the molecule is CCC(=O)OCC1(O)OC(C2CC(C)C(C3(C)CCC(C4(C)CCC5(CC(O)C(C)C(C(C)C(OC(=O)CC)C(C)C(=O)O)O5)O4)O3)O2)C(C)CC1C. The van der Waals surface area contributed by atoms with Gasteiger partial charge in [-0.15, -0.1) is 0 Å². The van der Waals surface area contributed by atoms with Crippen molar-refractivity contribution < 1.29 is 62.9 Å². The number of carboxylic acids is 1. The fourth-order valence-corrected chi connectivity index (χ4v) is 9.93. The van der Waals surface area contributed by atoms with Crippen molar-refractivity contribution >= 4 is 17.9 Å². The van der Waals surface area contributed by atoms with Crippen molar-refractivity contribution in [1.29, 1.82) is 0 Å². The third kappa shape index (κ3) is 8.46. The summed E-state index contributed by atoms with van der Waals surface area (Å²) in [6, 6.07) is 0. The standard InChI is InChI=1S/C40H66O13/c1-11-30(42)47-20-40(46)23(5)17-21(3)32(52-40)28-18-22(4)35(48-28)38(10)14-13-29(50-38)37(9)15-16-39(53-37)19-27(41)24(6)34(51-39)25(7)33(26(8)36(44)45)49-31(43)12-2/h21-29,32-35,41,46H,11-20H2,1-10H3,(H,44,45). The van der Waals surface area contributed by atoms with Crippen LogP contribution in [0.25, 0.3) is 0 Å². The molecule has 13 nitrogen and oxygen atoms in total.